The molecule has 0 saturated heterocycles. The van der Waals surface area contributed by atoms with Gasteiger partial charge in [0.1, 0.15) is 11.8 Å². The van der Waals surface area contributed by atoms with Gasteiger partial charge in [-0.1, -0.05) is 12.1 Å². The minimum Gasteiger partial charge on any atom is -0.508 e. The lowest BCUT2D eigenvalue weighted by Crippen LogP contribution is -2.34. The second-order valence-electron chi connectivity index (χ2n) is 3.87. The molecule has 0 bridgehead atoms. The zero-order valence-corrected chi connectivity index (χ0v) is 8.31. The van der Waals surface area contributed by atoms with Crippen LogP contribution >= 0.6 is 0 Å². The Morgan fingerprint density at radius 1 is 1.40 bits per heavy atom. The van der Waals surface area contributed by atoms with E-state index in [0.717, 1.165) is 18.4 Å². The fraction of sp³-hybridized carbons (Fsp3) is 0.364. The highest BCUT2D eigenvalue weighted by Gasteiger charge is 2.28. The van der Waals surface area contributed by atoms with Crippen LogP contribution in [0.4, 0.5) is 0 Å². The van der Waals surface area contributed by atoms with Crippen molar-refractivity contribution in [2.24, 2.45) is 5.73 Å². The molecule has 1 aliphatic carbocycles. The minimum absolute atomic E-state index is 0.188. The lowest BCUT2D eigenvalue weighted by atomic mass is 10.1. The maximum atomic E-state index is 11.2. The number of primary amides is 1. The smallest absolute Gasteiger partial charge is 0.239 e. The molecule has 15 heavy (non-hydrogen) atoms. The van der Waals surface area contributed by atoms with Gasteiger partial charge in [-0.05, 0) is 30.5 Å². The number of nitrogens with one attached hydrogen (secondary N) is 1. The second kappa shape index (κ2) is 3.90. The van der Waals surface area contributed by atoms with Gasteiger partial charge in [0.25, 0.3) is 0 Å². The number of amides is 1. The molecular formula is C11H14N2O2. The maximum Gasteiger partial charge on any atom is 0.239 e. The third-order valence-corrected chi connectivity index (χ3v) is 2.49. The van der Waals surface area contributed by atoms with E-state index < -0.39 is 6.04 Å². The first-order chi connectivity index (χ1) is 7.16. The van der Waals surface area contributed by atoms with Crippen LogP contribution in [0, 0.1) is 0 Å². The van der Waals surface area contributed by atoms with E-state index in [-0.39, 0.29) is 11.7 Å². The molecule has 0 radical (unpaired) electrons. The van der Waals surface area contributed by atoms with Crippen molar-refractivity contribution in [2.45, 2.75) is 24.9 Å². The van der Waals surface area contributed by atoms with Crippen LogP contribution in [-0.4, -0.2) is 17.1 Å². The quantitative estimate of drug-likeness (QED) is 0.677. The SMILES string of the molecule is NC(=O)C(NC1CC1)c1ccc(O)cc1. The largest absolute Gasteiger partial charge is 0.508 e. The van der Waals surface area contributed by atoms with Gasteiger partial charge < -0.3 is 10.8 Å². The van der Waals surface area contributed by atoms with Crippen molar-refractivity contribution >= 4 is 5.91 Å². The van der Waals surface area contributed by atoms with Gasteiger partial charge in [0, 0.05) is 6.04 Å². The Balaban J connectivity index is 2.15. The van der Waals surface area contributed by atoms with Gasteiger partial charge in [0.2, 0.25) is 5.91 Å². The van der Waals surface area contributed by atoms with Crippen LogP contribution in [0.25, 0.3) is 0 Å². The Hall–Kier alpha value is -1.55. The summed E-state index contributed by atoms with van der Waals surface area (Å²) in [5.74, 6) is -0.194. The Bertz CT molecular complexity index is 357. The molecule has 4 nitrogen and oxygen atoms in total. The molecule has 0 aromatic heterocycles. The predicted octanol–water partition coefficient (Wildman–Crippen LogP) is 0.671. The molecule has 1 aliphatic rings. The normalized spacial score (nSPS) is 17.3. The Kier molecular flexibility index (Phi) is 2.60. The highest BCUT2D eigenvalue weighted by molar-refractivity contribution is 5.81. The van der Waals surface area contributed by atoms with Crippen LogP contribution in [0.1, 0.15) is 24.4 Å². The Morgan fingerprint density at radius 3 is 2.47 bits per heavy atom. The van der Waals surface area contributed by atoms with Crippen molar-refractivity contribution in [3.8, 4) is 5.75 Å². The van der Waals surface area contributed by atoms with Gasteiger partial charge in [-0.2, -0.15) is 0 Å². The molecule has 1 saturated carbocycles. The molecular weight excluding hydrogens is 192 g/mol. The molecule has 0 aliphatic heterocycles. The molecule has 1 aromatic carbocycles. The van der Waals surface area contributed by atoms with Gasteiger partial charge in [0.05, 0.1) is 0 Å². The first-order valence-corrected chi connectivity index (χ1v) is 5.01. The fourth-order valence-corrected chi connectivity index (χ4v) is 1.50. The lowest BCUT2D eigenvalue weighted by molar-refractivity contribution is -0.120. The number of nitrogens with two attached hydrogens (primary N) is 1. The van der Waals surface area contributed by atoms with Crippen molar-refractivity contribution in [2.75, 3.05) is 0 Å². The average Bonchev–Trinajstić information content (AvgIpc) is 2.99. The highest BCUT2D eigenvalue weighted by atomic mass is 16.3. The molecule has 80 valence electrons. The number of aromatic hydroxyl groups is 1. The molecule has 0 spiro atoms. The van der Waals surface area contributed by atoms with E-state index in [0.29, 0.717) is 6.04 Å². The molecule has 4 heteroatoms. The molecule has 1 amide bonds. The summed E-state index contributed by atoms with van der Waals surface area (Å²) in [6.07, 6.45) is 2.20. The predicted molar refractivity (Wildman–Crippen MR) is 56.2 cm³/mol. The van der Waals surface area contributed by atoms with E-state index >= 15 is 0 Å². The van der Waals surface area contributed by atoms with E-state index in [2.05, 4.69) is 5.32 Å². The topological polar surface area (TPSA) is 75.4 Å². The summed E-state index contributed by atoms with van der Waals surface area (Å²) in [5, 5.41) is 12.3. The number of carbonyl (C=O) groups is 1. The van der Waals surface area contributed by atoms with Crippen LogP contribution < -0.4 is 11.1 Å². The average molecular weight is 206 g/mol. The summed E-state index contributed by atoms with van der Waals surface area (Å²) in [5.41, 5.74) is 6.12. The minimum atomic E-state index is -0.446. The zero-order chi connectivity index (χ0) is 10.8. The number of benzene rings is 1. The number of carbonyl (C=O) groups excluding carboxylic acids is 1. The first kappa shape index (κ1) is 9.98. The van der Waals surface area contributed by atoms with Gasteiger partial charge in [-0.15, -0.1) is 0 Å². The standard InChI is InChI=1S/C11H14N2O2/c12-11(15)10(13-8-3-4-8)7-1-5-9(14)6-2-7/h1-2,5-6,8,10,13-14H,3-4H2,(H2,12,15). The van der Waals surface area contributed by atoms with E-state index in [1.54, 1.807) is 24.3 Å². The fourth-order valence-electron chi connectivity index (χ4n) is 1.50. The van der Waals surface area contributed by atoms with E-state index in [9.17, 15) is 4.79 Å². The molecule has 1 atom stereocenters. The van der Waals surface area contributed by atoms with E-state index in [4.69, 9.17) is 10.8 Å². The summed E-state index contributed by atoms with van der Waals surface area (Å²) in [7, 11) is 0. The third-order valence-electron chi connectivity index (χ3n) is 2.49. The molecule has 1 unspecified atom stereocenters. The van der Waals surface area contributed by atoms with Crippen molar-refractivity contribution in [1.29, 1.82) is 0 Å². The highest BCUT2D eigenvalue weighted by Crippen LogP contribution is 2.24. The van der Waals surface area contributed by atoms with E-state index in [1.807, 2.05) is 0 Å². The van der Waals surface area contributed by atoms with Crippen LogP contribution in [-0.2, 0) is 4.79 Å². The van der Waals surface area contributed by atoms with Gasteiger partial charge in [0.15, 0.2) is 0 Å². The van der Waals surface area contributed by atoms with Crippen molar-refractivity contribution < 1.29 is 9.90 Å². The van der Waals surface area contributed by atoms with Gasteiger partial charge in [-0.3, -0.25) is 10.1 Å². The lowest BCUT2D eigenvalue weighted by Gasteiger charge is -2.15. The van der Waals surface area contributed by atoms with E-state index in [1.165, 1.54) is 0 Å². The monoisotopic (exact) mass is 206 g/mol. The van der Waals surface area contributed by atoms with Crippen LogP contribution in [0.2, 0.25) is 0 Å². The van der Waals surface area contributed by atoms with Crippen molar-refractivity contribution in [3.63, 3.8) is 0 Å². The second-order valence-corrected chi connectivity index (χ2v) is 3.87. The number of phenolic OH excluding ortho intramolecular Hbond substituents is 1. The molecule has 1 fully saturated rings. The van der Waals surface area contributed by atoms with Crippen LogP contribution in [0.15, 0.2) is 24.3 Å². The zero-order valence-electron chi connectivity index (χ0n) is 8.31. The molecule has 2 rings (SSSR count). The number of hydrogen-bond donors (Lipinski definition) is 3. The first-order valence-electron chi connectivity index (χ1n) is 5.01. The summed E-state index contributed by atoms with van der Waals surface area (Å²) < 4.78 is 0. The summed E-state index contributed by atoms with van der Waals surface area (Å²) in [6.45, 7) is 0. The third kappa shape index (κ3) is 2.47. The maximum absolute atomic E-state index is 11.2. The Labute approximate surface area is 88.1 Å². The number of phenols is 1. The summed E-state index contributed by atoms with van der Waals surface area (Å²) in [4.78, 5) is 11.2. The summed E-state index contributed by atoms with van der Waals surface area (Å²) in [6, 6.07) is 6.49. The van der Waals surface area contributed by atoms with Crippen LogP contribution in [0.3, 0.4) is 0 Å². The van der Waals surface area contributed by atoms with Gasteiger partial charge in [-0.25, -0.2) is 0 Å². The molecule has 0 heterocycles. The Morgan fingerprint density at radius 2 is 2.00 bits per heavy atom. The van der Waals surface area contributed by atoms with Gasteiger partial charge >= 0.3 is 0 Å². The molecule has 1 aromatic rings. The van der Waals surface area contributed by atoms with Crippen molar-refractivity contribution in [1.82, 2.24) is 5.32 Å². The molecule has 4 N–H and O–H groups in total. The van der Waals surface area contributed by atoms with Crippen molar-refractivity contribution in [3.05, 3.63) is 29.8 Å². The number of rotatable bonds is 4. The number of hydrogen-bond acceptors (Lipinski definition) is 3. The summed E-state index contributed by atoms with van der Waals surface area (Å²) >= 11 is 0. The van der Waals surface area contributed by atoms with Crippen LogP contribution in [0.5, 0.6) is 5.75 Å².